The zero-order chi connectivity index (χ0) is 16.8. The van der Waals surface area contributed by atoms with Gasteiger partial charge in [-0.2, -0.15) is 13.2 Å². The standard InChI is InChI=1S/C12H22F3N3O3S/c1-2-7-22(20,21)9-11(19)17-8-10(12(13,14)15)18-5-3-16-4-6-18/h10,16H,2-9H2,1H3,(H,17,19). The molecular weight excluding hydrogens is 323 g/mol. The third kappa shape index (κ3) is 6.49. The predicted molar refractivity (Wildman–Crippen MR) is 76.2 cm³/mol. The molecule has 1 fully saturated rings. The van der Waals surface area contributed by atoms with Crippen LogP contribution >= 0.6 is 0 Å². The molecule has 0 saturated carbocycles. The Labute approximate surface area is 128 Å². The van der Waals surface area contributed by atoms with Crippen molar-refractivity contribution < 1.29 is 26.4 Å². The third-order valence-electron chi connectivity index (χ3n) is 3.33. The zero-order valence-corrected chi connectivity index (χ0v) is 13.3. The number of nitrogens with zero attached hydrogens (tertiary/aromatic N) is 1. The average molecular weight is 345 g/mol. The van der Waals surface area contributed by atoms with Gasteiger partial charge in [0.15, 0.2) is 9.84 Å². The molecular formula is C12H22F3N3O3S. The van der Waals surface area contributed by atoms with Crippen LogP contribution in [0.4, 0.5) is 13.2 Å². The maximum atomic E-state index is 13.1. The SMILES string of the molecule is CCCS(=O)(=O)CC(=O)NCC(N1CCNCC1)C(F)(F)F. The molecule has 1 atom stereocenters. The van der Waals surface area contributed by atoms with E-state index in [4.69, 9.17) is 0 Å². The minimum absolute atomic E-state index is 0.152. The highest BCUT2D eigenvalue weighted by atomic mass is 32.2. The van der Waals surface area contributed by atoms with E-state index in [0.717, 1.165) is 0 Å². The number of sulfone groups is 1. The molecule has 0 aromatic rings. The van der Waals surface area contributed by atoms with E-state index in [2.05, 4.69) is 10.6 Å². The Bertz CT molecular complexity index is 462. The molecule has 2 N–H and O–H groups in total. The largest absolute Gasteiger partial charge is 0.405 e. The van der Waals surface area contributed by atoms with Gasteiger partial charge < -0.3 is 10.6 Å². The van der Waals surface area contributed by atoms with E-state index in [9.17, 15) is 26.4 Å². The Kier molecular flexibility index (Phi) is 7.07. The van der Waals surface area contributed by atoms with Crippen LogP contribution < -0.4 is 10.6 Å². The molecule has 130 valence electrons. The highest BCUT2D eigenvalue weighted by Crippen LogP contribution is 2.24. The van der Waals surface area contributed by atoms with Gasteiger partial charge in [-0.05, 0) is 6.42 Å². The maximum Gasteiger partial charge on any atom is 0.405 e. The molecule has 0 spiro atoms. The van der Waals surface area contributed by atoms with Crippen molar-refractivity contribution in [2.24, 2.45) is 0 Å². The summed E-state index contributed by atoms with van der Waals surface area (Å²) in [5, 5.41) is 5.06. The van der Waals surface area contributed by atoms with E-state index in [1.807, 2.05) is 0 Å². The van der Waals surface area contributed by atoms with E-state index in [0.29, 0.717) is 19.5 Å². The number of alkyl halides is 3. The highest BCUT2D eigenvalue weighted by molar-refractivity contribution is 7.92. The van der Waals surface area contributed by atoms with Crippen LogP contribution in [-0.4, -0.2) is 75.7 Å². The number of nitrogens with one attached hydrogen (secondary N) is 2. The second-order valence-corrected chi connectivity index (χ2v) is 7.42. The number of hydrogen-bond acceptors (Lipinski definition) is 5. The lowest BCUT2D eigenvalue weighted by Crippen LogP contribution is -2.57. The summed E-state index contributed by atoms with van der Waals surface area (Å²) in [5.41, 5.74) is 0. The van der Waals surface area contributed by atoms with Crippen LogP contribution in [0.2, 0.25) is 0 Å². The summed E-state index contributed by atoms with van der Waals surface area (Å²) in [6, 6.07) is -1.80. The molecule has 0 aromatic carbocycles. The first-order valence-corrected chi connectivity index (χ1v) is 8.96. The molecule has 6 nitrogen and oxygen atoms in total. The number of amides is 1. The summed E-state index contributed by atoms with van der Waals surface area (Å²) in [7, 11) is -3.56. The molecule has 1 saturated heterocycles. The van der Waals surface area contributed by atoms with E-state index in [1.165, 1.54) is 4.90 Å². The van der Waals surface area contributed by atoms with Gasteiger partial charge in [-0.25, -0.2) is 8.42 Å². The summed E-state index contributed by atoms with van der Waals surface area (Å²) < 4.78 is 62.2. The summed E-state index contributed by atoms with van der Waals surface area (Å²) in [6.45, 7) is 2.38. The minimum atomic E-state index is -4.48. The molecule has 0 aliphatic carbocycles. The Morgan fingerprint density at radius 3 is 2.41 bits per heavy atom. The second kappa shape index (κ2) is 8.11. The maximum absolute atomic E-state index is 13.1. The van der Waals surface area contributed by atoms with Crippen molar-refractivity contribution in [3.8, 4) is 0 Å². The van der Waals surface area contributed by atoms with Gasteiger partial charge in [0.1, 0.15) is 11.8 Å². The molecule has 1 aliphatic rings. The summed E-state index contributed by atoms with van der Waals surface area (Å²) in [5.74, 6) is -1.81. The fourth-order valence-electron chi connectivity index (χ4n) is 2.29. The number of hydrogen-bond donors (Lipinski definition) is 2. The van der Waals surface area contributed by atoms with Gasteiger partial charge in [0, 0.05) is 32.7 Å². The molecule has 22 heavy (non-hydrogen) atoms. The van der Waals surface area contributed by atoms with Gasteiger partial charge in [0.25, 0.3) is 0 Å². The third-order valence-corrected chi connectivity index (χ3v) is 5.06. The topological polar surface area (TPSA) is 78.5 Å². The van der Waals surface area contributed by atoms with Crippen molar-refractivity contribution in [1.29, 1.82) is 0 Å². The van der Waals surface area contributed by atoms with Crippen molar-refractivity contribution in [3.05, 3.63) is 0 Å². The fraction of sp³-hybridized carbons (Fsp3) is 0.917. The monoisotopic (exact) mass is 345 g/mol. The lowest BCUT2D eigenvalue weighted by Gasteiger charge is -2.35. The van der Waals surface area contributed by atoms with Crippen LogP contribution in [0.1, 0.15) is 13.3 Å². The van der Waals surface area contributed by atoms with Crippen LogP contribution in [-0.2, 0) is 14.6 Å². The summed E-state index contributed by atoms with van der Waals surface area (Å²) in [4.78, 5) is 12.8. The molecule has 1 unspecified atom stereocenters. The van der Waals surface area contributed by atoms with Crippen molar-refractivity contribution in [3.63, 3.8) is 0 Å². The normalized spacial score (nSPS) is 18.9. The molecule has 0 radical (unpaired) electrons. The van der Waals surface area contributed by atoms with E-state index >= 15 is 0 Å². The van der Waals surface area contributed by atoms with Crippen LogP contribution in [0.25, 0.3) is 0 Å². The lowest BCUT2D eigenvalue weighted by atomic mass is 10.2. The first kappa shape index (κ1) is 19.2. The molecule has 1 heterocycles. The summed E-state index contributed by atoms with van der Waals surface area (Å²) >= 11 is 0. The molecule has 1 rings (SSSR count). The van der Waals surface area contributed by atoms with Crippen LogP contribution in [0, 0.1) is 0 Å². The van der Waals surface area contributed by atoms with E-state index in [1.54, 1.807) is 6.92 Å². The molecule has 0 bridgehead atoms. The number of rotatable bonds is 7. The lowest BCUT2D eigenvalue weighted by molar-refractivity contribution is -0.183. The average Bonchev–Trinajstić information content (AvgIpc) is 2.37. The Hall–Kier alpha value is -0.870. The summed E-state index contributed by atoms with van der Waals surface area (Å²) in [6.07, 6.45) is -4.12. The molecule has 0 aromatic heterocycles. The minimum Gasteiger partial charge on any atom is -0.353 e. The number of carbonyl (C=O) groups excluding carboxylic acids is 1. The number of piperazine rings is 1. The quantitative estimate of drug-likeness (QED) is 0.666. The number of carbonyl (C=O) groups is 1. The van der Waals surface area contributed by atoms with Crippen molar-refractivity contribution in [1.82, 2.24) is 15.5 Å². The highest BCUT2D eigenvalue weighted by Gasteiger charge is 2.43. The van der Waals surface area contributed by atoms with Gasteiger partial charge in [-0.3, -0.25) is 9.69 Å². The molecule has 1 aliphatic heterocycles. The zero-order valence-electron chi connectivity index (χ0n) is 12.4. The number of halogens is 3. The Morgan fingerprint density at radius 1 is 1.32 bits per heavy atom. The van der Waals surface area contributed by atoms with Crippen LogP contribution in [0.5, 0.6) is 0 Å². The van der Waals surface area contributed by atoms with Gasteiger partial charge in [0.05, 0.1) is 5.75 Å². The van der Waals surface area contributed by atoms with Crippen molar-refractivity contribution in [2.75, 3.05) is 44.2 Å². The van der Waals surface area contributed by atoms with E-state index < -0.39 is 40.3 Å². The fourth-order valence-corrected chi connectivity index (χ4v) is 3.56. The van der Waals surface area contributed by atoms with Gasteiger partial charge in [0.2, 0.25) is 5.91 Å². The van der Waals surface area contributed by atoms with Gasteiger partial charge in [-0.1, -0.05) is 6.92 Å². The smallest absolute Gasteiger partial charge is 0.353 e. The van der Waals surface area contributed by atoms with Gasteiger partial charge >= 0.3 is 6.18 Å². The molecule has 1 amide bonds. The van der Waals surface area contributed by atoms with Crippen LogP contribution in [0.15, 0.2) is 0 Å². The van der Waals surface area contributed by atoms with Crippen molar-refractivity contribution >= 4 is 15.7 Å². The molecule has 10 heteroatoms. The Morgan fingerprint density at radius 2 is 1.91 bits per heavy atom. The second-order valence-electron chi connectivity index (χ2n) is 5.24. The predicted octanol–water partition coefficient (Wildman–Crippen LogP) is -0.236. The Balaban J connectivity index is 2.58. The van der Waals surface area contributed by atoms with E-state index in [-0.39, 0.29) is 18.8 Å². The van der Waals surface area contributed by atoms with Gasteiger partial charge in [-0.15, -0.1) is 0 Å². The van der Waals surface area contributed by atoms with Crippen molar-refractivity contribution in [2.45, 2.75) is 25.6 Å². The first-order valence-electron chi connectivity index (χ1n) is 7.14. The van der Waals surface area contributed by atoms with Crippen LogP contribution in [0.3, 0.4) is 0 Å². The first-order chi connectivity index (χ1) is 10.2.